The SMILES string of the molecule is COc1ccc(C2COS(=O)(=O)N2C(=O)OC(C)(C)C)cc1. The highest BCUT2D eigenvalue weighted by Gasteiger charge is 2.45. The fraction of sp³-hybridized carbons (Fsp3) is 0.500. The minimum atomic E-state index is -4.14. The standard InChI is InChI=1S/C14H19NO6S/c1-14(2,3)21-13(16)15-12(9-20-22(15,17)18)10-5-7-11(19-4)8-6-10/h5-8,12H,9H2,1-4H3. The van der Waals surface area contributed by atoms with Crippen molar-refractivity contribution in [1.82, 2.24) is 4.31 Å². The number of hydrogen-bond donors (Lipinski definition) is 0. The summed E-state index contributed by atoms with van der Waals surface area (Å²) in [5, 5.41) is 0. The third-order valence-corrected chi connectivity index (χ3v) is 4.29. The third-order valence-electron chi connectivity index (χ3n) is 2.97. The van der Waals surface area contributed by atoms with E-state index in [1.165, 1.54) is 7.11 Å². The van der Waals surface area contributed by atoms with Gasteiger partial charge >= 0.3 is 16.4 Å². The molecule has 22 heavy (non-hydrogen) atoms. The molecule has 0 bridgehead atoms. The normalized spacial score (nSPS) is 20.7. The molecule has 1 aliphatic heterocycles. The second kappa shape index (κ2) is 5.77. The van der Waals surface area contributed by atoms with Crippen LogP contribution in [0.1, 0.15) is 32.4 Å². The van der Waals surface area contributed by atoms with Crippen LogP contribution >= 0.6 is 0 Å². The quantitative estimate of drug-likeness (QED) is 0.827. The molecule has 2 rings (SSSR count). The molecule has 1 saturated heterocycles. The Morgan fingerprint density at radius 1 is 1.27 bits per heavy atom. The van der Waals surface area contributed by atoms with Gasteiger partial charge in [-0.2, -0.15) is 12.7 Å². The molecule has 0 spiro atoms. The summed E-state index contributed by atoms with van der Waals surface area (Å²) in [7, 11) is -2.61. The van der Waals surface area contributed by atoms with E-state index in [0.717, 1.165) is 0 Å². The summed E-state index contributed by atoms with van der Waals surface area (Å²) in [6.07, 6.45) is -0.953. The maximum atomic E-state index is 12.2. The van der Waals surface area contributed by atoms with Gasteiger partial charge in [0.2, 0.25) is 0 Å². The predicted molar refractivity (Wildman–Crippen MR) is 78.7 cm³/mol. The van der Waals surface area contributed by atoms with Crippen molar-refractivity contribution in [2.24, 2.45) is 0 Å². The van der Waals surface area contributed by atoms with E-state index in [2.05, 4.69) is 0 Å². The Bertz CT molecular complexity index is 647. The zero-order valence-corrected chi connectivity index (χ0v) is 13.7. The first-order valence-electron chi connectivity index (χ1n) is 6.70. The second-order valence-electron chi connectivity index (χ2n) is 5.81. The molecule has 8 heteroatoms. The number of rotatable bonds is 2. The van der Waals surface area contributed by atoms with E-state index >= 15 is 0 Å². The number of hydrogen-bond acceptors (Lipinski definition) is 6. The van der Waals surface area contributed by atoms with Crippen LogP contribution in [0.2, 0.25) is 0 Å². The number of carbonyl (C=O) groups is 1. The molecule has 1 aliphatic rings. The van der Waals surface area contributed by atoms with Crippen LogP contribution in [-0.4, -0.2) is 38.1 Å². The van der Waals surface area contributed by atoms with Gasteiger partial charge in [0, 0.05) is 0 Å². The van der Waals surface area contributed by atoms with Crippen molar-refractivity contribution in [3.05, 3.63) is 29.8 Å². The molecule has 1 heterocycles. The summed E-state index contributed by atoms with van der Waals surface area (Å²) in [5.41, 5.74) is -0.188. The third kappa shape index (κ3) is 3.50. The maximum absolute atomic E-state index is 12.2. The molecule has 1 aromatic carbocycles. The van der Waals surface area contributed by atoms with Gasteiger partial charge in [-0.15, -0.1) is 0 Å². The number of ether oxygens (including phenoxy) is 2. The van der Waals surface area contributed by atoms with E-state index in [1.807, 2.05) is 0 Å². The molecule has 0 aliphatic carbocycles. The van der Waals surface area contributed by atoms with E-state index in [0.29, 0.717) is 15.6 Å². The lowest BCUT2D eigenvalue weighted by molar-refractivity contribution is 0.0356. The maximum Gasteiger partial charge on any atom is 0.426 e. The largest absolute Gasteiger partial charge is 0.497 e. The van der Waals surface area contributed by atoms with Crippen LogP contribution in [0.15, 0.2) is 24.3 Å². The predicted octanol–water partition coefficient (Wildman–Crippen LogP) is 2.25. The average molecular weight is 329 g/mol. The van der Waals surface area contributed by atoms with Crippen molar-refractivity contribution in [2.75, 3.05) is 13.7 Å². The van der Waals surface area contributed by atoms with Gasteiger partial charge in [-0.05, 0) is 38.5 Å². The Morgan fingerprint density at radius 3 is 2.36 bits per heavy atom. The summed E-state index contributed by atoms with van der Waals surface area (Å²) in [6.45, 7) is 4.85. The number of methoxy groups -OCH3 is 1. The van der Waals surface area contributed by atoms with Crippen LogP contribution in [0, 0.1) is 0 Å². The van der Waals surface area contributed by atoms with Gasteiger partial charge in [-0.1, -0.05) is 12.1 Å². The Balaban J connectivity index is 2.31. The minimum absolute atomic E-state index is 0.145. The van der Waals surface area contributed by atoms with Crippen molar-refractivity contribution >= 4 is 16.4 Å². The van der Waals surface area contributed by atoms with Crippen LogP contribution in [0.5, 0.6) is 5.75 Å². The van der Waals surface area contributed by atoms with Crippen molar-refractivity contribution in [2.45, 2.75) is 32.4 Å². The summed E-state index contributed by atoms with van der Waals surface area (Å²) < 4.78 is 39.6. The number of amides is 1. The topological polar surface area (TPSA) is 82.1 Å². The number of carbonyl (C=O) groups excluding carboxylic acids is 1. The number of nitrogens with zero attached hydrogens (tertiary/aromatic N) is 1. The first-order chi connectivity index (χ1) is 10.1. The highest BCUT2D eigenvalue weighted by Crippen LogP contribution is 2.33. The molecule has 0 radical (unpaired) electrons. The molecular weight excluding hydrogens is 310 g/mol. The Labute approximate surface area is 130 Å². The monoisotopic (exact) mass is 329 g/mol. The van der Waals surface area contributed by atoms with Gasteiger partial charge < -0.3 is 9.47 Å². The van der Waals surface area contributed by atoms with Crippen molar-refractivity contribution < 1.29 is 26.9 Å². The first-order valence-corrected chi connectivity index (χ1v) is 8.06. The fourth-order valence-electron chi connectivity index (χ4n) is 2.01. The van der Waals surface area contributed by atoms with Gasteiger partial charge in [0.1, 0.15) is 17.4 Å². The minimum Gasteiger partial charge on any atom is -0.497 e. The molecule has 122 valence electrons. The van der Waals surface area contributed by atoms with Crippen LogP contribution in [0.4, 0.5) is 4.79 Å². The van der Waals surface area contributed by atoms with Crippen LogP contribution in [0.3, 0.4) is 0 Å². The van der Waals surface area contributed by atoms with Crippen LogP contribution in [-0.2, 0) is 19.2 Å². The highest BCUT2D eigenvalue weighted by molar-refractivity contribution is 7.85. The Kier molecular flexibility index (Phi) is 4.35. The van der Waals surface area contributed by atoms with Crippen molar-refractivity contribution in [1.29, 1.82) is 0 Å². The van der Waals surface area contributed by atoms with E-state index in [4.69, 9.17) is 13.7 Å². The van der Waals surface area contributed by atoms with Gasteiger partial charge in [-0.3, -0.25) is 4.18 Å². The molecule has 0 N–H and O–H groups in total. The lowest BCUT2D eigenvalue weighted by Crippen LogP contribution is -2.39. The van der Waals surface area contributed by atoms with E-state index in [-0.39, 0.29) is 6.61 Å². The summed E-state index contributed by atoms with van der Waals surface area (Å²) in [5.74, 6) is 0.634. The summed E-state index contributed by atoms with van der Waals surface area (Å²) >= 11 is 0. The van der Waals surface area contributed by atoms with Gasteiger partial charge in [0.05, 0.1) is 13.7 Å². The Hall–Kier alpha value is -1.80. The molecule has 1 atom stereocenters. The van der Waals surface area contributed by atoms with Crippen LogP contribution < -0.4 is 4.74 Å². The first kappa shape index (κ1) is 16.6. The summed E-state index contributed by atoms with van der Waals surface area (Å²) in [4.78, 5) is 12.2. The second-order valence-corrected chi connectivity index (χ2v) is 7.29. The van der Waals surface area contributed by atoms with Gasteiger partial charge in [0.25, 0.3) is 0 Å². The van der Waals surface area contributed by atoms with Crippen LogP contribution in [0.25, 0.3) is 0 Å². The Morgan fingerprint density at radius 2 is 1.86 bits per heavy atom. The zero-order chi connectivity index (χ0) is 16.5. The van der Waals surface area contributed by atoms with Crippen molar-refractivity contribution in [3.63, 3.8) is 0 Å². The lowest BCUT2D eigenvalue weighted by Gasteiger charge is -2.26. The fourth-order valence-corrected chi connectivity index (χ4v) is 3.14. The molecule has 7 nitrogen and oxygen atoms in total. The molecular formula is C14H19NO6S. The van der Waals surface area contributed by atoms with Gasteiger partial charge in [-0.25, -0.2) is 4.79 Å². The van der Waals surface area contributed by atoms with Crippen molar-refractivity contribution in [3.8, 4) is 5.75 Å². The molecule has 1 fully saturated rings. The summed E-state index contributed by atoms with van der Waals surface area (Å²) in [6, 6.07) is 5.99. The lowest BCUT2D eigenvalue weighted by atomic mass is 10.1. The van der Waals surface area contributed by atoms with E-state index in [1.54, 1.807) is 45.0 Å². The molecule has 0 aromatic heterocycles. The van der Waals surface area contributed by atoms with E-state index in [9.17, 15) is 13.2 Å². The molecule has 1 amide bonds. The zero-order valence-electron chi connectivity index (χ0n) is 12.9. The molecule has 1 unspecified atom stereocenters. The number of benzene rings is 1. The van der Waals surface area contributed by atoms with Gasteiger partial charge in [0.15, 0.2) is 0 Å². The molecule has 1 aromatic rings. The highest BCUT2D eigenvalue weighted by atomic mass is 32.2. The smallest absolute Gasteiger partial charge is 0.426 e. The van der Waals surface area contributed by atoms with E-state index < -0.39 is 28.0 Å². The molecule has 0 saturated carbocycles. The average Bonchev–Trinajstić information content (AvgIpc) is 2.72.